The summed E-state index contributed by atoms with van der Waals surface area (Å²) in [6.07, 6.45) is 6.56. The molecule has 1 spiro atoms. The number of carbonyl (C=O) groups excluding carboxylic acids is 1. The highest BCUT2D eigenvalue weighted by Crippen LogP contribution is 2.38. The molecule has 2 fully saturated rings. The lowest BCUT2D eigenvalue weighted by atomic mass is 9.89. The van der Waals surface area contributed by atoms with E-state index in [9.17, 15) is 4.79 Å². The van der Waals surface area contributed by atoms with Gasteiger partial charge in [-0.25, -0.2) is 0 Å². The SMILES string of the molecule is CC1(C=O)COC2(CCCCC2)OC1. The summed E-state index contributed by atoms with van der Waals surface area (Å²) in [5, 5.41) is 0. The summed E-state index contributed by atoms with van der Waals surface area (Å²) < 4.78 is 11.5. The molecule has 1 aliphatic carbocycles. The Morgan fingerprint density at radius 3 is 2.14 bits per heavy atom. The van der Waals surface area contributed by atoms with Crippen LogP contribution in [-0.2, 0) is 14.3 Å². The average Bonchev–Trinajstić information content (AvgIpc) is 2.25. The van der Waals surface area contributed by atoms with Gasteiger partial charge in [-0.2, -0.15) is 0 Å². The Labute approximate surface area is 84.8 Å². The Kier molecular flexibility index (Phi) is 2.62. The molecule has 0 unspecified atom stereocenters. The average molecular weight is 198 g/mol. The first kappa shape index (κ1) is 10.1. The molecule has 14 heavy (non-hydrogen) atoms. The van der Waals surface area contributed by atoms with E-state index in [1.54, 1.807) is 0 Å². The number of aldehydes is 1. The highest BCUT2D eigenvalue weighted by Gasteiger charge is 2.42. The third-order valence-corrected chi connectivity index (χ3v) is 3.23. The molecule has 0 atom stereocenters. The van der Waals surface area contributed by atoms with Crippen LogP contribution in [0.15, 0.2) is 0 Å². The molecule has 0 amide bonds. The van der Waals surface area contributed by atoms with Gasteiger partial charge in [-0.05, 0) is 19.8 Å². The Balaban J connectivity index is 1.97. The number of carbonyl (C=O) groups is 1. The van der Waals surface area contributed by atoms with Gasteiger partial charge in [0.15, 0.2) is 5.79 Å². The van der Waals surface area contributed by atoms with Gasteiger partial charge in [0.25, 0.3) is 0 Å². The molecular weight excluding hydrogens is 180 g/mol. The fourth-order valence-electron chi connectivity index (χ4n) is 2.12. The number of rotatable bonds is 1. The van der Waals surface area contributed by atoms with Gasteiger partial charge >= 0.3 is 0 Å². The minimum absolute atomic E-state index is 0.346. The Morgan fingerprint density at radius 1 is 1.07 bits per heavy atom. The van der Waals surface area contributed by atoms with Crippen molar-refractivity contribution in [2.45, 2.75) is 44.8 Å². The summed E-state index contributed by atoms with van der Waals surface area (Å²) in [6, 6.07) is 0. The smallest absolute Gasteiger partial charge is 0.168 e. The predicted molar refractivity (Wildman–Crippen MR) is 51.9 cm³/mol. The number of hydrogen-bond acceptors (Lipinski definition) is 3. The van der Waals surface area contributed by atoms with Crippen molar-refractivity contribution < 1.29 is 14.3 Å². The van der Waals surface area contributed by atoms with E-state index in [2.05, 4.69) is 0 Å². The van der Waals surface area contributed by atoms with Gasteiger partial charge in [-0.3, -0.25) is 0 Å². The zero-order chi connectivity index (χ0) is 10.1. The van der Waals surface area contributed by atoms with E-state index in [1.165, 1.54) is 19.3 Å². The fourth-order valence-corrected chi connectivity index (χ4v) is 2.12. The quantitative estimate of drug-likeness (QED) is 0.604. The van der Waals surface area contributed by atoms with E-state index in [4.69, 9.17) is 9.47 Å². The van der Waals surface area contributed by atoms with E-state index >= 15 is 0 Å². The van der Waals surface area contributed by atoms with Crippen LogP contribution in [-0.4, -0.2) is 25.3 Å². The number of ether oxygens (including phenoxy) is 2. The minimum atomic E-state index is -0.428. The van der Waals surface area contributed by atoms with Crippen LogP contribution in [0.5, 0.6) is 0 Å². The van der Waals surface area contributed by atoms with Crippen molar-refractivity contribution in [1.29, 1.82) is 0 Å². The van der Waals surface area contributed by atoms with Crippen molar-refractivity contribution in [2.75, 3.05) is 13.2 Å². The molecule has 0 bridgehead atoms. The molecule has 2 aliphatic rings. The highest BCUT2D eigenvalue weighted by molar-refractivity contribution is 5.59. The maximum atomic E-state index is 10.8. The lowest BCUT2D eigenvalue weighted by Gasteiger charge is -2.44. The molecule has 3 heteroatoms. The zero-order valence-electron chi connectivity index (χ0n) is 8.75. The second-order valence-electron chi connectivity index (χ2n) is 4.82. The molecule has 0 radical (unpaired) electrons. The molecule has 2 rings (SSSR count). The van der Waals surface area contributed by atoms with Gasteiger partial charge in [0, 0.05) is 12.8 Å². The Hall–Kier alpha value is -0.410. The molecule has 1 saturated carbocycles. The normalized spacial score (nSPS) is 30.1. The topological polar surface area (TPSA) is 35.5 Å². The van der Waals surface area contributed by atoms with Crippen LogP contribution in [0.3, 0.4) is 0 Å². The third-order valence-electron chi connectivity index (χ3n) is 3.23. The molecule has 3 nitrogen and oxygen atoms in total. The number of hydrogen-bond donors (Lipinski definition) is 0. The van der Waals surface area contributed by atoms with Crippen LogP contribution in [0.4, 0.5) is 0 Å². The van der Waals surface area contributed by atoms with Crippen molar-refractivity contribution in [3.05, 3.63) is 0 Å². The van der Waals surface area contributed by atoms with Crippen LogP contribution < -0.4 is 0 Å². The van der Waals surface area contributed by atoms with Crippen molar-refractivity contribution in [1.82, 2.24) is 0 Å². The molecule has 0 N–H and O–H groups in total. The fraction of sp³-hybridized carbons (Fsp3) is 0.909. The van der Waals surface area contributed by atoms with E-state index in [-0.39, 0.29) is 5.79 Å². The van der Waals surface area contributed by atoms with Gasteiger partial charge in [0.1, 0.15) is 6.29 Å². The summed E-state index contributed by atoms with van der Waals surface area (Å²) in [5.41, 5.74) is -0.428. The van der Waals surface area contributed by atoms with Gasteiger partial charge in [0.2, 0.25) is 0 Å². The van der Waals surface area contributed by atoms with Gasteiger partial charge in [0.05, 0.1) is 18.6 Å². The Morgan fingerprint density at radius 2 is 1.64 bits per heavy atom. The van der Waals surface area contributed by atoms with E-state index in [0.29, 0.717) is 13.2 Å². The van der Waals surface area contributed by atoms with E-state index < -0.39 is 5.41 Å². The highest BCUT2D eigenvalue weighted by atomic mass is 16.7. The zero-order valence-corrected chi connectivity index (χ0v) is 8.75. The van der Waals surface area contributed by atoms with Gasteiger partial charge in [-0.15, -0.1) is 0 Å². The summed E-state index contributed by atoms with van der Waals surface area (Å²) >= 11 is 0. The first-order valence-electron chi connectivity index (χ1n) is 5.42. The largest absolute Gasteiger partial charge is 0.349 e. The predicted octanol–water partition coefficient (Wildman–Crippen LogP) is 1.90. The van der Waals surface area contributed by atoms with E-state index in [1.807, 2.05) is 6.92 Å². The first-order chi connectivity index (χ1) is 6.68. The van der Waals surface area contributed by atoms with Crippen molar-refractivity contribution in [3.8, 4) is 0 Å². The molecule has 0 aromatic rings. The van der Waals surface area contributed by atoms with Crippen LogP contribution in [0.25, 0.3) is 0 Å². The molecule has 1 saturated heterocycles. The second kappa shape index (κ2) is 3.63. The van der Waals surface area contributed by atoms with Gasteiger partial charge < -0.3 is 14.3 Å². The summed E-state index contributed by atoms with van der Waals surface area (Å²) in [7, 11) is 0. The molecule has 1 aliphatic heterocycles. The maximum Gasteiger partial charge on any atom is 0.168 e. The molecule has 80 valence electrons. The molecule has 0 aromatic heterocycles. The van der Waals surface area contributed by atoms with Crippen LogP contribution >= 0.6 is 0 Å². The van der Waals surface area contributed by atoms with Gasteiger partial charge in [-0.1, -0.05) is 6.42 Å². The van der Waals surface area contributed by atoms with Crippen LogP contribution in [0.2, 0.25) is 0 Å². The van der Waals surface area contributed by atoms with Crippen LogP contribution in [0, 0.1) is 5.41 Å². The second-order valence-corrected chi connectivity index (χ2v) is 4.82. The molecular formula is C11H18O3. The summed E-state index contributed by atoms with van der Waals surface area (Å²) in [5.74, 6) is -0.346. The van der Waals surface area contributed by atoms with Crippen molar-refractivity contribution >= 4 is 6.29 Å². The third kappa shape index (κ3) is 1.84. The minimum Gasteiger partial charge on any atom is -0.349 e. The summed E-state index contributed by atoms with van der Waals surface area (Å²) in [4.78, 5) is 10.8. The lowest BCUT2D eigenvalue weighted by Crippen LogP contribution is -2.50. The standard InChI is InChI=1S/C11H18O3/c1-10(7-12)8-13-11(14-9-10)5-3-2-4-6-11/h7H,2-6,8-9H2,1H3. The molecule has 0 aromatic carbocycles. The first-order valence-corrected chi connectivity index (χ1v) is 5.42. The van der Waals surface area contributed by atoms with Crippen LogP contribution in [0.1, 0.15) is 39.0 Å². The molecule has 1 heterocycles. The monoisotopic (exact) mass is 198 g/mol. The lowest BCUT2D eigenvalue weighted by molar-refractivity contribution is -0.305. The summed E-state index contributed by atoms with van der Waals surface area (Å²) in [6.45, 7) is 2.91. The van der Waals surface area contributed by atoms with Crippen molar-refractivity contribution in [2.24, 2.45) is 5.41 Å². The van der Waals surface area contributed by atoms with Crippen molar-refractivity contribution in [3.63, 3.8) is 0 Å². The van der Waals surface area contributed by atoms with E-state index in [0.717, 1.165) is 19.1 Å². The Bertz CT molecular complexity index is 209. The maximum absolute atomic E-state index is 10.8.